The number of hydrogen-bond acceptors (Lipinski definition) is 5. The van der Waals surface area contributed by atoms with E-state index in [1.165, 1.54) is 12.1 Å². The molecule has 2 aliphatic heterocycles. The van der Waals surface area contributed by atoms with Crippen molar-refractivity contribution in [2.24, 2.45) is 0 Å². The molecule has 1 aromatic rings. The van der Waals surface area contributed by atoms with Crippen LogP contribution in [0.3, 0.4) is 0 Å². The molecule has 1 fully saturated rings. The highest BCUT2D eigenvalue weighted by molar-refractivity contribution is 5.97. The van der Waals surface area contributed by atoms with Gasteiger partial charge in [-0.15, -0.1) is 12.4 Å². The molecule has 0 radical (unpaired) electrons. The first-order valence-electron chi connectivity index (χ1n) is 7.58. The van der Waals surface area contributed by atoms with Gasteiger partial charge >= 0.3 is 0 Å². The Bertz CT molecular complexity index is 610. The van der Waals surface area contributed by atoms with Crippen LogP contribution < -0.4 is 10.2 Å². The van der Waals surface area contributed by atoms with Crippen LogP contribution in [-0.2, 0) is 11.2 Å². The van der Waals surface area contributed by atoms with Gasteiger partial charge in [0.05, 0.1) is 17.2 Å². The first kappa shape index (κ1) is 17.7. The quantitative estimate of drug-likeness (QED) is 0.660. The summed E-state index contributed by atoms with van der Waals surface area (Å²) in [6, 6.07) is 5.10. The molecule has 1 atom stereocenters. The average Bonchev–Trinajstić information content (AvgIpc) is 2.92. The molecular formula is C15H21ClN4O3. The van der Waals surface area contributed by atoms with Crippen molar-refractivity contribution >= 4 is 29.7 Å². The molecule has 23 heavy (non-hydrogen) atoms. The fourth-order valence-electron chi connectivity index (χ4n) is 3.12. The van der Waals surface area contributed by atoms with Crippen LogP contribution in [0.4, 0.5) is 11.4 Å². The van der Waals surface area contributed by atoms with Crippen LogP contribution in [0.5, 0.6) is 0 Å². The van der Waals surface area contributed by atoms with Crippen molar-refractivity contribution in [3.05, 3.63) is 33.9 Å². The SMILES string of the molecule is C[C@@H]1CNCCN1CC(=O)N1CCc2ccc([N+](=O)[O-])cc21.Cl. The topological polar surface area (TPSA) is 78.7 Å². The van der Waals surface area contributed by atoms with Crippen LogP contribution in [-0.4, -0.2) is 54.5 Å². The Morgan fingerprint density at radius 3 is 2.91 bits per heavy atom. The van der Waals surface area contributed by atoms with E-state index in [0.717, 1.165) is 31.6 Å². The highest BCUT2D eigenvalue weighted by Gasteiger charge is 2.29. The Morgan fingerprint density at radius 2 is 2.22 bits per heavy atom. The van der Waals surface area contributed by atoms with Crippen LogP contribution >= 0.6 is 12.4 Å². The molecule has 0 spiro atoms. The third-order valence-electron chi connectivity index (χ3n) is 4.45. The van der Waals surface area contributed by atoms with Crippen LogP contribution in [0, 0.1) is 10.1 Å². The molecule has 8 heteroatoms. The van der Waals surface area contributed by atoms with E-state index in [-0.39, 0.29) is 24.0 Å². The van der Waals surface area contributed by atoms with Crippen molar-refractivity contribution in [2.75, 3.05) is 37.6 Å². The van der Waals surface area contributed by atoms with Crippen molar-refractivity contribution < 1.29 is 9.72 Å². The molecule has 0 aliphatic carbocycles. The molecule has 0 bridgehead atoms. The lowest BCUT2D eigenvalue weighted by Crippen LogP contribution is -2.53. The van der Waals surface area contributed by atoms with E-state index in [1.54, 1.807) is 11.0 Å². The van der Waals surface area contributed by atoms with Gasteiger partial charge in [0.1, 0.15) is 0 Å². The lowest BCUT2D eigenvalue weighted by atomic mass is 10.1. The van der Waals surface area contributed by atoms with Crippen molar-refractivity contribution in [1.29, 1.82) is 0 Å². The van der Waals surface area contributed by atoms with Gasteiger partial charge in [-0.3, -0.25) is 19.8 Å². The molecule has 7 nitrogen and oxygen atoms in total. The number of non-ortho nitro benzene ring substituents is 1. The summed E-state index contributed by atoms with van der Waals surface area (Å²) in [5, 5.41) is 14.2. The van der Waals surface area contributed by atoms with Gasteiger partial charge in [0, 0.05) is 44.4 Å². The molecule has 0 saturated carbocycles. The number of anilines is 1. The standard InChI is InChI=1S/C15H20N4O3.ClH/c1-11-9-16-5-7-17(11)10-15(20)18-6-4-12-2-3-13(19(21)22)8-14(12)18;/h2-3,8,11,16H,4-7,9-10H2,1H3;1H/t11-;/m1./s1. The molecule has 0 aromatic heterocycles. The van der Waals surface area contributed by atoms with E-state index < -0.39 is 4.92 Å². The van der Waals surface area contributed by atoms with Crippen molar-refractivity contribution in [3.63, 3.8) is 0 Å². The van der Waals surface area contributed by atoms with E-state index >= 15 is 0 Å². The average molecular weight is 341 g/mol. The minimum atomic E-state index is -0.417. The van der Waals surface area contributed by atoms with Gasteiger partial charge < -0.3 is 10.2 Å². The predicted octanol–water partition coefficient (Wildman–Crippen LogP) is 1.20. The Hall–Kier alpha value is -1.70. The lowest BCUT2D eigenvalue weighted by molar-refractivity contribution is -0.384. The largest absolute Gasteiger partial charge is 0.314 e. The Balaban J connectivity index is 0.00000192. The molecule has 126 valence electrons. The first-order valence-corrected chi connectivity index (χ1v) is 7.58. The third-order valence-corrected chi connectivity index (χ3v) is 4.45. The molecule has 3 rings (SSSR count). The summed E-state index contributed by atoms with van der Waals surface area (Å²) in [5.74, 6) is 0.0213. The number of carbonyl (C=O) groups excluding carboxylic acids is 1. The Labute approximate surface area is 141 Å². The fraction of sp³-hybridized carbons (Fsp3) is 0.533. The van der Waals surface area contributed by atoms with Gasteiger partial charge in [0.2, 0.25) is 5.91 Å². The predicted molar refractivity (Wildman–Crippen MR) is 90.3 cm³/mol. The van der Waals surface area contributed by atoms with Gasteiger partial charge in [-0.2, -0.15) is 0 Å². The Kier molecular flexibility index (Phi) is 5.56. The summed E-state index contributed by atoms with van der Waals surface area (Å²) in [7, 11) is 0. The number of hydrogen-bond donors (Lipinski definition) is 1. The van der Waals surface area contributed by atoms with Crippen molar-refractivity contribution in [2.45, 2.75) is 19.4 Å². The van der Waals surface area contributed by atoms with E-state index in [1.807, 2.05) is 0 Å². The Morgan fingerprint density at radius 1 is 1.43 bits per heavy atom. The van der Waals surface area contributed by atoms with E-state index in [0.29, 0.717) is 24.8 Å². The monoisotopic (exact) mass is 340 g/mol. The second-order valence-electron chi connectivity index (χ2n) is 5.89. The maximum absolute atomic E-state index is 12.6. The van der Waals surface area contributed by atoms with E-state index in [9.17, 15) is 14.9 Å². The van der Waals surface area contributed by atoms with Crippen molar-refractivity contribution in [3.8, 4) is 0 Å². The smallest absolute Gasteiger partial charge is 0.271 e. The summed E-state index contributed by atoms with van der Waals surface area (Å²) >= 11 is 0. The molecular weight excluding hydrogens is 320 g/mol. The third kappa shape index (κ3) is 3.63. The van der Waals surface area contributed by atoms with Crippen LogP contribution in [0.1, 0.15) is 12.5 Å². The molecule has 2 heterocycles. The molecule has 1 amide bonds. The van der Waals surface area contributed by atoms with Gasteiger partial charge in [-0.1, -0.05) is 6.07 Å². The minimum Gasteiger partial charge on any atom is -0.314 e. The lowest BCUT2D eigenvalue weighted by Gasteiger charge is -2.34. The van der Waals surface area contributed by atoms with Crippen LogP contribution in [0.15, 0.2) is 18.2 Å². The van der Waals surface area contributed by atoms with E-state index in [2.05, 4.69) is 17.1 Å². The summed E-state index contributed by atoms with van der Waals surface area (Å²) in [6.45, 7) is 5.69. The molecule has 1 saturated heterocycles. The number of amides is 1. The number of nitro benzene ring substituents is 1. The summed E-state index contributed by atoms with van der Waals surface area (Å²) in [4.78, 5) is 27.0. The number of carbonyl (C=O) groups is 1. The first-order chi connectivity index (χ1) is 10.6. The normalized spacial score (nSPS) is 20.7. The molecule has 1 aromatic carbocycles. The zero-order chi connectivity index (χ0) is 15.7. The molecule has 1 N–H and O–H groups in total. The number of rotatable bonds is 3. The maximum atomic E-state index is 12.6. The number of nitrogens with one attached hydrogen (secondary N) is 1. The van der Waals surface area contributed by atoms with Crippen LogP contribution in [0.2, 0.25) is 0 Å². The van der Waals surface area contributed by atoms with Crippen molar-refractivity contribution in [1.82, 2.24) is 10.2 Å². The summed E-state index contributed by atoms with van der Waals surface area (Å²) in [6.07, 6.45) is 0.760. The van der Waals surface area contributed by atoms with Crippen LogP contribution in [0.25, 0.3) is 0 Å². The second kappa shape index (κ2) is 7.25. The number of piperazine rings is 1. The minimum absolute atomic E-state index is 0. The number of nitro groups is 1. The maximum Gasteiger partial charge on any atom is 0.271 e. The highest BCUT2D eigenvalue weighted by atomic mass is 35.5. The molecule has 2 aliphatic rings. The van der Waals surface area contributed by atoms with Gasteiger partial charge in [0.25, 0.3) is 5.69 Å². The number of fused-ring (bicyclic) bond motifs is 1. The summed E-state index contributed by atoms with van der Waals surface area (Å²) < 4.78 is 0. The number of benzene rings is 1. The molecule has 0 unspecified atom stereocenters. The summed E-state index contributed by atoms with van der Waals surface area (Å²) in [5.41, 5.74) is 1.74. The zero-order valence-electron chi connectivity index (χ0n) is 13.0. The zero-order valence-corrected chi connectivity index (χ0v) is 13.8. The second-order valence-corrected chi connectivity index (χ2v) is 5.89. The van der Waals surface area contributed by atoms with E-state index in [4.69, 9.17) is 0 Å². The van der Waals surface area contributed by atoms with Gasteiger partial charge in [-0.25, -0.2) is 0 Å². The number of nitrogens with zero attached hydrogens (tertiary/aromatic N) is 3. The fourth-order valence-corrected chi connectivity index (χ4v) is 3.12. The highest BCUT2D eigenvalue weighted by Crippen LogP contribution is 2.31. The van der Waals surface area contributed by atoms with Gasteiger partial charge in [-0.05, 0) is 18.9 Å². The van der Waals surface area contributed by atoms with Gasteiger partial charge in [0.15, 0.2) is 0 Å². The number of halogens is 1.